The van der Waals surface area contributed by atoms with E-state index < -0.39 is 5.89 Å². The Labute approximate surface area is 421 Å². The molecule has 0 amide bonds. The van der Waals surface area contributed by atoms with Crippen LogP contribution in [0.4, 0.5) is 0 Å². The number of benzene rings is 6. The third-order valence-corrected chi connectivity index (χ3v) is 14.1. The number of nitrogens with zero attached hydrogens (tertiary/aromatic N) is 3. The lowest BCUT2D eigenvalue weighted by molar-refractivity contribution is 0.446. The topological polar surface area (TPSA) is 50.9 Å². The first kappa shape index (κ1) is 48.8. The molecule has 2 aromatic heterocycles. The molecular formula is C66H77N3O. The van der Waals surface area contributed by atoms with Gasteiger partial charge in [-0.15, -0.1) is 0 Å². The molecule has 0 saturated heterocycles. The summed E-state index contributed by atoms with van der Waals surface area (Å²) < 4.78 is 10.8. The fourth-order valence-corrected chi connectivity index (χ4v) is 9.44. The molecule has 0 saturated carbocycles. The Kier molecular flexibility index (Phi) is 12.4. The highest BCUT2D eigenvalue weighted by Crippen LogP contribution is 2.46. The van der Waals surface area contributed by atoms with Gasteiger partial charge in [-0.2, -0.15) is 0 Å². The molecule has 0 bridgehead atoms. The molecule has 70 heavy (non-hydrogen) atoms. The summed E-state index contributed by atoms with van der Waals surface area (Å²) in [5, 5.41) is 12.6. The Bertz CT molecular complexity index is 3280. The van der Waals surface area contributed by atoms with E-state index in [-0.39, 0.29) is 32.8 Å². The lowest BCUT2D eigenvalue weighted by Crippen LogP contribution is -2.17. The summed E-state index contributed by atoms with van der Waals surface area (Å²) in [5.41, 5.74) is 19.3. The molecule has 0 spiro atoms. The van der Waals surface area contributed by atoms with Gasteiger partial charge in [-0.3, -0.25) is 9.55 Å². The van der Waals surface area contributed by atoms with Crippen LogP contribution in [0.15, 0.2) is 128 Å². The molecule has 0 fully saturated rings. The van der Waals surface area contributed by atoms with Gasteiger partial charge in [0.1, 0.15) is 11.6 Å². The van der Waals surface area contributed by atoms with Gasteiger partial charge in [-0.25, -0.2) is 4.98 Å². The van der Waals surface area contributed by atoms with Gasteiger partial charge in [-0.05, 0) is 150 Å². The van der Waals surface area contributed by atoms with Crippen LogP contribution < -0.4 is 0 Å². The maximum atomic E-state index is 12.6. The van der Waals surface area contributed by atoms with Gasteiger partial charge in [0.15, 0.2) is 0 Å². The normalized spacial score (nSPS) is 13.3. The number of phenols is 1. The first-order valence-corrected chi connectivity index (χ1v) is 25.2. The van der Waals surface area contributed by atoms with Gasteiger partial charge in [0, 0.05) is 24.3 Å². The van der Waals surface area contributed by atoms with Crippen LogP contribution in [0.3, 0.4) is 0 Å². The molecule has 4 nitrogen and oxygen atoms in total. The number of phenolic OH excluding ortho intramolecular Hbond substituents is 1. The number of hydrogen-bond acceptors (Lipinski definition) is 3. The Hall–Kier alpha value is -6.26. The summed E-state index contributed by atoms with van der Waals surface area (Å²) in [6, 6.07) is 44.2. The van der Waals surface area contributed by atoms with Crippen LogP contribution in [0, 0.1) is 6.92 Å². The van der Waals surface area contributed by atoms with E-state index in [4.69, 9.17) is 11.3 Å². The van der Waals surface area contributed by atoms with E-state index in [0.29, 0.717) is 11.4 Å². The maximum Gasteiger partial charge on any atom is 0.149 e. The third kappa shape index (κ3) is 10.0. The van der Waals surface area contributed by atoms with Gasteiger partial charge in [0.25, 0.3) is 0 Å². The average Bonchev–Trinajstić information content (AvgIpc) is 3.66. The van der Waals surface area contributed by atoms with Crippen molar-refractivity contribution >= 4 is 11.0 Å². The van der Waals surface area contributed by atoms with Crippen molar-refractivity contribution in [1.82, 2.24) is 14.5 Å². The number of fused-ring (bicyclic) bond motifs is 1. The molecule has 0 radical (unpaired) electrons. The van der Waals surface area contributed by atoms with Crippen molar-refractivity contribution in [3.63, 3.8) is 0 Å². The molecule has 0 aliphatic rings. The van der Waals surface area contributed by atoms with Crippen molar-refractivity contribution in [3.8, 4) is 67.5 Å². The zero-order valence-corrected chi connectivity index (χ0v) is 45.4. The molecule has 0 aliphatic heterocycles. The summed E-state index contributed by atoms with van der Waals surface area (Å²) in [6.07, 6.45) is 1.90. The van der Waals surface area contributed by atoms with E-state index in [1.165, 1.54) is 27.8 Å². The van der Waals surface area contributed by atoms with Gasteiger partial charge < -0.3 is 5.11 Å². The Morgan fingerprint density at radius 3 is 1.61 bits per heavy atom. The number of aromatic nitrogens is 3. The number of aryl methyl sites for hydroxylation is 1. The van der Waals surface area contributed by atoms with Crippen molar-refractivity contribution in [2.45, 2.75) is 158 Å². The van der Waals surface area contributed by atoms with Gasteiger partial charge >= 0.3 is 0 Å². The minimum atomic E-state index is -0.670. The fourth-order valence-electron chi connectivity index (χ4n) is 9.44. The van der Waals surface area contributed by atoms with Crippen LogP contribution >= 0.6 is 0 Å². The van der Waals surface area contributed by atoms with E-state index in [1.807, 2.05) is 20.0 Å². The summed E-state index contributed by atoms with van der Waals surface area (Å²) in [7, 11) is 0. The molecule has 362 valence electrons. The van der Waals surface area contributed by atoms with Gasteiger partial charge in [0.2, 0.25) is 0 Å². The predicted molar refractivity (Wildman–Crippen MR) is 300 cm³/mol. The standard InChI is InChI=1S/C66H77N3O/c1-40(2)42-22-24-43(25-23-42)45-28-29-67-56(36-45)48-31-47(34-49(35-48)62(4,5)6)53-20-19-21-58-59(53)68-61(54-38-52(65(13,14)15)39-55(60(54)70)66(16,17)18)69(58)57-27-26-44(30-41(57)3)46-32-50(63(7,8)9)37-51(33-46)64(10,11)12/h19-40,70H,1-18H3/i40D. The van der Waals surface area contributed by atoms with Crippen LogP contribution in [0.1, 0.15) is 164 Å². The number of imidazole rings is 1. The zero-order chi connectivity index (χ0) is 52.0. The molecule has 8 rings (SSSR count). The highest BCUT2D eigenvalue weighted by Gasteiger charge is 2.30. The van der Waals surface area contributed by atoms with Crippen molar-refractivity contribution < 1.29 is 6.48 Å². The fraction of sp³-hybridized carbons (Fsp3) is 0.364. The van der Waals surface area contributed by atoms with Crippen LogP contribution in [-0.2, 0) is 27.1 Å². The van der Waals surface area contributed by atoms with Crippen molar-refractivity contribution in [1.29, 1.82) is 0 Å². The smallest absolute Gasteiger partial charge is 0.149 e. The van der Waals surface area contributed by atoms with E-state index in [0.717, 1.165) is 72.5 Å². The zero-order valence-electron chi connectivity index (χ0n) is 46.4. The van der Waals surface area contributed by atoms with Gasteiger partial charge in [0.05, 0.1) is 28.0 Å². The largest absolute Gasteiger partial charge is 0.507 e. The second kappa shape index (κ2) is 17.9. The quantitative estimate of drug-likeness (QED) is 0.173. The van der Waals surface area contributed by atoms with Crippen molar-refractivity contribution in [2.75, 3.05) is 0 Å². The van der Waals surface area contributed by atoms with Crippen molar-refractivity contribution in [3.05, 3.63) is 166 Å². The van der Waals surface area contributed by atoms with E-state index in [1.54, 1.807) is 0 Å². The molecule has 1 N–H and O–H groups in total. The number of aromatic hydroxyl groups is 1. The monoisotopic (exact) mass is 929 g/mol. The Balaban J connectivity index is 1.38. The summed E-state index contributed by atoms with van der Waals surface area (Å²) >= 11 is 0. The lowest BCUT2D eigenvalue weighted by Gasteiger charge is -2.27. The molecule has 4 heteroatoms. The second-order valence-corrected chi connectivity index (χ2v) is 25.2. The van der Waals surface area contributed by atoms with Crippen LogP contribution in [0.25, 0.3) is 72.7 Å². The first-order chi connectivity index (χ1) is 32.8. The molecule has 8 aromatic rings. The highest BCUT2D eigenvalue weighted by atomic mass is 16.3. The summed E-state index contributed by atoms with van der Waals surface area (Å²) in [4.78, 5) is 10.7. The van der Waals surface area contributed by atoms with Gasteiger partial charge in [-0.1, -0.05) is 190 Å². The Morgan fingerprint density at radius 2 is 1.04 bits per heavy atom. The van der Waals surface area contributed by atoms with E-state index >= 15 is 0 Å². The minimum absolute atomic E-state index is 0.00971. The predicted octanol–water partition coefficient (Wildman–Crippen LogP) is 18.4. The SMILES string of the molecule is [2H]C(C)(C)c1ccc(-c2ccnc(-c3cc(-c4cccc5c4nc(-c4cc(C(C)(C)C)cc(C(C)(C)C)c4O)n5-c4ccc(-c5cc(C(C)(C)C)cc(C(C)(C)C)c5)cc4C)cc(C(C)(C)C)c3)c2)cc1. The Morgan fingerprint density at radius 1 is 0.500 bits per heavy atom. The number of para-hydroxylation sites is 1. The minimum Gasteiger partial charge on any atom is -0.507 e. The summed E-state index contributed by atoms with van der Waals surface area (Å²) in [5.74, 6) is 0.285. The molecule has 6 aromatic carbocycles. The van der Waals surface area contributed by atoms with Crippen LogP contribution in [-0.4, -0.2) is 19.6 Å². The maximum absolute atomic E-state index is 12.6. The molecular weight excluding hydrogens is 851 g/mol. The molecule has 2 heterocycles. The van der Waals surface area contributed by atoms with Crippen LogP contribution in [0.2, 0.25) is 0 Å². The highest BCUT2D eigenvalue weighted by molar-refractivity contribution is 5.97. The van der Waals surface area contributed by atoms with E-state index in [9.17, 15) is 5.11 Å². The molecule has 0 unspecified atom stereocenters. The number of hydrogen-bond donors (Lipinski definition) is 1. The van der Waals surface area contributed by atoms with Crippen LogP contribution in [0.5, 0.6) is 5.75 Å². The average molecular weight is 929 g/mol. The second-order valence-electron chi connectivity index (χ2n) is 25.2. The molecule has 0 atom stereocenters. The summed E-state index contributed by atoms with van der Waals surface area (Å²) in [6.45, 7) is 39.8. The third-order valence-electron chi connectivity index (χ3n) is 14.1. The van der Waals surface area contributed by atoms with E-state index in [2.05, 4.69) is 237 Å². The lowest BCUT2D eigenvalue weighted by atomic mass is 9.78. The van der Waals surface area contributed by atoms with Crippen molar-refractivity contribution in [2.24, 2.45) is 0 Å². The number of rotatable bonds is 7. The first-order valence-electron chi connectivity index (χ1n) is 25.7. The number of pyridine rings is 1. The molecule has 0 aliphatic carbocycles.